The summed E-state index contributed by atoms with van der Waals surface area (Å²) >= 11 is 0. The van der Waals surface area contributed by atoms with Crippen molar-refractivity contribution in [2.24, 2.45) is 0 Å². The van der Waals surface area contributed by atoms with Crippen LogP contribution < -0.4 is 0 Å². The number of carbonyl (C=O) groups excluding carboxylic acids is 1. The zero-order chi connectivity index (χ0) is 11.7. The fraction of sp³-hybridized carbons (Fsp3) is 0.400. The Morgan fingerprint density at radius 2 is 2.18 bits per heavy atom. The molecule has 0 bridgehead atoms. The minimum atomic E-state index is -0.158. The molecule has 1 aromatic rings. The Labute approximate surface area is 102 Å². The highest BCUT2D eigenvalue weighted by atomic mass is 16.1. The highest BCUT2D eigenvalue weighted by Crippen LogP contribution is 2.42. The summed E-state index contributed by atoms with van der Waals surface area (Å²) in [6, 6.07) is 8.55. The van der Waals surface area contributed by atoms with Crippen LogP contribution in [0.3, 0.4) is 0 Å². The molecule has 2 aliphatic rings. The third-order valence-electron chi connectivity index (χ3n) is 4.06. The van der Waals surface area contributed by atoms with E-state index in [4.69, 9.17) is 0 Å². The van der Waals surface area contributed by atoms with E-state index in [1.54, 1.807) is 0 Å². The van der Waals surface area contributed by atoms with E-state index in [0.717, 1.165) is 38.6 Å². The second-order valence-electron chi connectivity index (χ2n) is 4.92. The Balaban J connectivity index is 2.16. The van der Waals surface area contributed by atoms with E-state index in [1.807, 2.05) is 4.90 Å². The average molecular weight is 227 g/mol. The second-order valence-corrected chi connectivity index (χ2v) is 4.92. The fourth-order valence-electron chi connectivity index (χ4n) is 3.25. The van der Waals surface area contributed by atoms with Crippen LogP contribution in [0.4, 0.5) is 0 Å². The number of hydrogen-bond donors (Lipinski definition) is 0. The Hall–Kier alpha value is -1.57. The van der Waals surface area contributed by atoms with Gasteiger partial charge >= 0.3 is 0 Å². The van der Waals surface area contributed by atoms with Gasteiger partial charge in [-0.15, -0.1) is 0 Å². The van der Waals surface area contributed by atoms with Gasteiger partial charge in [-0.3, -0.25) is 4.79 Å². The summed E-state index contributed by atoms with van der Waals surface area (Å²) in [6.45, 7) is 0.842. The highest BCUT2D eigenvalue weighted by Gasteiger charge is 2.40. The van der Waals surface area contributed by atoms with Gasteiger partial charge in [0.05, 0.1) is 5.54 Å². The van der Waals surface area contributed by atoms with Crippen molar-refractivity contribution in [3.8, 4) is 0 Å². The van der Waals surface area contributed by atoms with E-state index in [1.165, 1.54) is 11.1 Å². The summed E-state index contributed by atoms with van der Waals surface area (Å²) in [5.74, 6) is 0. The van der Waals surface area contributed by atoms with E-state index < -0.39 is 0 Å². The van der Waals surface area contributed by atoms with Crippen molar-refractivity contribution in [1.82, 2.24) is 4.90 Å². The quantitative estimate of drug-likeness (QED) is 0.533. The summed E-state index contributed by atoms with van der Waals surface area (Å²) in [6.07, 6.45) is 9.81. The van der Waals surface area contributed by atoms with Gasteiger partial charge in [-0.1, -0.05) is 36.4 Å². The van der Waals surface area contributed by atoms with E-state index in [-0.39, 0.29) is 5.54 Å². The molecule has 2 nitrogen and oxygen atoms in total. The number of amides is 1. The van der Waals surface area contributed by atoms with Crippen LogP contribution in [-0.4, -0.2) is 17.9 Å². The lowest BCUT2D eigenvalue weighted by molar-refractivity contribution is -0.123. The first-order valence-electron chi connectivity index (χ1n) is 6.35. The monoisotopic (exact) mass is 227 g/mol. The second kappa shape index (κ2) is 4.02. The first-order valence-corrected chi connectivity index (χ1v) is 6.35. The number of nitrogens with zero attached hydrogens (tertiary/aromatic N) is 1. The zero-order valence-corrected chi connectivity index (χ0v) is 9.93. The summed E-state index contributed by atoms with van der Waals surface area (Å²) in [5.41, 5.74) is 2.57. The molecule has 1 amide bonds. The Bertz CT molecular complexity index is 466. The molecular formula is C15H17NO. The lowest BCUT2D eigenvalue weighted by Gasteiger charge is -2.46. The van der Waals surface area contributed by atoms with Crippen LogP contribution in [0.5, 0.6) is 0 Å². The molecule has 0 aromatic heterocycles. The van der Waals surface area contributed by atoms with Gasteiger partial charge in [0.2, 0.25) is 6.41 Å². The smallest absolute Gasteiger partial charge is 0.210 e. The minimum absolute atomic E-state index is 0.158. The van der Waals surface area contributed by atoms with Crippen LogP contribution in [0.2, 0.25) is 0 Å². The summed E-state index contributed by atoms with van der Waals surface area (Å²) in [5, 5.41) is 0. The molecule has 0 unspecified atom stereocenters. The third kappa shape index (κ3) is 1.51. The molecule has 1 aromatic carbocycles. The van der Waals surface area contributed by atoms with Crippen LogP contribution in [-0.2, 0) is 16.8 Å². The van der Waals surface area contributed by atoms with Gasteiger partial charge in [-0.25, -0.2) is 0 Å². The van der Waals surface area contributed by atoms with Gasteiger partial charge in [-0.05, 0) is 36.8 Å². The van der Waals surface area contributed by atoms with Crippen molar-refractivity contribution in [3.63, 3.8) is 0 Å². The van der Waals surface area contributed by atoms with Gasteiger partial charge in [0, 0.05) is 6.54 Å². The molecule has 0 fully saturated rings. The zero-order valence-electron chi connectivity index (χ0n) is 9.93. The van der Waals surface area contributed by atoms with Gasteiger partial charge in [-0.2, -0.15) is 0 Å². The van der Waals surface area contributed by atoms with Crippen molar-refractivity contribution in [1.29, 1.82) is 0 Å². The van der Waals surface area contributed by atoms with Gasteiger partial charge in [0.1, 0.15) is 0 Å². The Kier molecular flexibility index (Phi) is 2.50. The van der Waals surface area contributed by atoms with Crippen LogP contribution in [0.15, 0.2) is 36.4 Å². The number of carbonyl (C=O) groups is 1. The number of fused-ring (bicyclic) bond motifs is 2. The van der Waals surface area contributed by atoms with E-state index >= 15 is 0 Å². The molecule has 0 radical (unpaired) electrons. The molecule has 1 atom stereocenters. The molecule has 1 heterocycles. The van der Waals surface area contributed by atoms with E-state index in [2.05, 4.69) is 36.4 Å². The molecule has 1 aliphatic heterocycles. The fourth-order valence-corrected chi connectivity index (χ4v) is 3.25. The Morgan fingerprint density at radius 1 is 1.29 bits per heavy atom. The molecule has 2 heteroatoms. The third-order valence-corrected chi connectivity index (χ3v) is 4.06. The summed E-state index contributed by atoms with van der Waals surface area (Å²) < 4.78 is 0. The van der Waals surface area contributed by atoms with Crippen LogP contribution in [0.25, 0.3) is 0 Å². The number of benzene rings is 1. The van der Waals surface area contributed by atoms with Gasteiger partial charge < -0.3 is 4.90 Å². The van der Waals surface area contributed by atoms with Crippen molar-refractivity contribution in [2.75, 3.05) is 6.54 Å². The van der Waals surface area contributed by atoms with Crippen molar-refractivity contribution < 1.29 is 4.79 Å². The molecule has 1 aliphatic carbocycles. The number of rotatable bonds is 1. The normalized spacial score (nSPS) is 26.9. The predicted molar refractivity (Wildman–Crippen MR) is 67.6 cm³/mol. The lowest BCUT2D eigenvalue weighted by Crippen LogP contribution is -2.48. The highest BCUT2D eigenvalue weighted by molar-refractivity contribution is 5.55. The number of aryl methyl sites for hydroxylation is 1. The van der Waals surface area contributed by atoms with Gasteiger partial charge in [0.15, 0.2) is 0 Å². The molecule has 17 heavy (non-hydrogen) atoms. The molecule has 3 rings (SSSR count). The van der Waals surface area contributed by atoms with Crippen molar-refractivity contribution in [2.45, 2.75) is 31.2 Å². The SMILES string of the molecule is O=CN1CCC=C[C@]12CCCc1ccccc12. The van der Waals surface area contributed by atoms with Crippen LogP contribution in [0, 0.1) is 0 Å². The molecule has 0 N–H and O–H groups in total. The predicted octanol–water partition coefficient (Wildman–Crippen LogP) is 2.64. The first kappa shape index (κ1) is 10.6. The summed E-state index contributed by atoms with van der Waals surface area (Å²) in [7, 11) is 0. The van der Waals surface area contributed by atoms with Gasteiger partial charge in [0.25, 0.3) is 0 Å². The molecule has 0 saturated heterocycles. The van der Waals surface area contributed by atoms with Crippen LogP contribution in [0.1, 0.15) is 30.4 Å². The molecule has 1 spiro atoms. The molecule has 88 valence electrons. The maximum Gasteiger partial charge on any atom is 0.210 e. The largest absolute Gasteiger partial charge is 0.332 e. The summed E-state index contributed by atoms with van der Waals surface area (Å²) in [4.78, 5) is 13.3. The van der Waals surface area contributed by atoms with Crippen LogP contribution >= 0.6 is 0 Å². The lowest BCUT2D eigenvalue weighted by atomic mass is 9.74. The average Bonchev–Trinajstić information content (AvgIpc) is 2.40. The minimum Gasteiger partial charge on any atom is -0.332 e. The van der Waals surface area contributed by atoms with Crippen molar-refractivity contribution >= 4 is 6.41 Å². The molecule has 0 saturated carbocycles. The van der Waals surface area contributed by atoms with Crippen molar-refractivity contribution in [3.05, 3.63) is 47.5 Å². The molecular weight excluding hydrogens is 210 g/mol. The topological polar surface area (TPSA) is 20.3 Å². The maximum atomic E-state index is 11.3. The maximum absolute atomic E-state index is 11.3. The standard InChI is InChI=1S/C15H17NO/c17-12-16-11-4-3-9-15(16)10-5-7-13-6-1-2-8-14(13)15/h1-3,6,8-9,12H,4-5,7,10-11H2/t15-/m1/s1. The number of hydrogen-bond acceptors (Lipinski definition) is 1. The Morgan fingerprint density at radius 3 is 3.06 bits per heavy atom. The van der Waals surface area contributed by atoms with E-state index in [9.17, 15) is 4.79 Å². The van der Waals surface area contributed by atoms with E-state index in [0.29, 0.717) is 0 Å². The first-order chi connectivity index (χ1) is 8.37.